The van der Waals surface area contributed by atoms with E-state index in [0.29, 0.717) is 6.04 Å². The predicted octanol–water partition coefficient (Wildman–Crippen LogP) is 2.49. The standard InChI is InChI=1S/C16H26N2O/c1-5-17-11(2)14-6-7-16-15(10-14)8-9-18(16)12(3)13(4)19/h6-7,10-13,17,19H,5,8-9H2,1-4H3. The van der Waals surface area contributed by atoms with Crippen LogP contribution in [0.2, 0.25) is 0 Å². The molecule has 0 spiro atoms. The molecule has 0 saturated heterocycles. The third-order valence-corrected chi connectivity index (χ3v) is 4.24. The fraction of sp³-hybridized carbons (Fsp3) is 0.625. The van der Waals surface area contributed by atoms with Gasteiger partial charge >= 0.3 is 0 Å². The molecule has 0 radical (unpaired) electrons. The summed E-state index contributed by atoms with van der Waals surface area (Å²) in [6.45, 7) is 10.3. The van der Waals surface area contributed by atoms with Gasteiger partial charge in [-0.25, -0.2) is 0 Å². The first-order valence-corrected chi connectivity index (χ1v) is 7.35. The maximum atomic E-state index is 9.77. The number of anilines is 1. The first-order valence-electron chi connectivity index (χ1n) is 7.35. The Morgan fingerprint density at radius 2 is 2.05 bits per heavy atom. The van der Waals surface area contributed by atoms with Crippen molar-refractivity contribution in [2.24, 2.45) is 0 Å². The molecule has 0 saturated carbocycles. The van der Waals surface area contributed by atoms with Gasteiger partial charge in [0, 0.05) is 18.3 Å². The minimum atomic E-state index is -0.300. The molecule has 2 N–H and O–H groups in total. The Bertz CT molecular complexity index is 431. The van der Waals surface area contributed by atoms with Crippen molar-refractivity contribution in [1.29, 1.82) is 0 Å². The number of rotatable bonds is 5. The van der Waals surface area contributed by atoms with E-state index in [1.807, 2.05) is 6.92 Å². The van der Waals surface area contributed by atoms with Crippen LogP contribution in [0.4, 0.5) is 5.69 Å². The lowest BCUT2D eigenvalue weighted by atomic mass is 10.0. The van der Waals surface area contributed by atoms with Crippen molar-refractivity contribution in [1.82, 2.24) is 5.32 Å². The molecule has 1 aromatic rings. The molecule has 1 aliphatic heterocycles. The Hall–Kier alpha value is -1.06. The molecule has 1 aromatic carbocycles. The van der Waals surface area contributed by atoms with Crippen LogP contribution in [0.3, 0.4) is 0 Å². The van der Waals surface area contributed by atoms with E-state index in [2.05, 4.69) is 49.2 Å². The van der Waals surface area contributed by atoms with E-state index in [1.54, 1.807) is 0 Å². The molecule has 0 bridgehead atoms. The lowest BCUT2D eigenvalue weighted by molar-refractivity contribution is 0.166. The summed E-state index contributed by atoms with van der Waals surface area (Å²) in [5.41, 5.74) is 4.06. The monoisotopic (exact) mass is 262 g/mol. The molecule has 0 amide bonds. The van der Waals surface area contributed by atoms with E-state index in [0.717, 1.165) is 19.5 Å². The zero-order valence-electron chi connectivity index (χ0n) is 12.5. The molecule has 3 atom stereocenters. The highest BCUT2D eigenvalue weighted by Gasteiger charge is 2.26. The second-order valence-electron chi connectivity index (χ2n) is 5.59. The minimum Gasteiger partial charge on any atom is -0.391 e. The van der Waals surface area contributed by atoms with Crippen molar-refractivity contribution >= 4 is 5.69 Å². The molecule has 3 unspecified atom stereocenters. The SMILES string of the molecule is CCNC(C)c1ccc2c(c1)CCN2C(C)C(C)O. The number of aliphatic hydroxyl groups excluding tert-OH is 1. The molecule has 19 heavy (non-hydrogen) atoms. The van der Waals surface area contributed by atoms with Crippen molar-refractivity contribution < 1.29 is 5.11 Å². The van der Waals surface area contributed by atoms with Gasteiger partial charge in [0.15, 0.2) is 0 Å². The van der Waals surface area contributed by atoms with Gasteiger partial charge in [0.2, 0.25) is 0 Å². The Morgan fingerprint density at radius 1 is 1.32 bits per heavy atom. The second-order valence-corrected chi connectivity index (χ2v) is 5.59. The molecule has 2 rings (SSSR count). The van der Waals surface area contributed by atoms with Gasteiger partial charge in [0.05, 0.1) is 12.1 Å². The third-order valence-electron chi connectivity index (χ3n) is 4.24. The van der Waals surface area contributed by atoms with E-state index in [9.17, 15) is 5.11 Å². The van der Waals surface area contributed by atoms with Gasteiger partial charge in [0.1, 0.15) is 0 Å². The van der Waals surface area contributed by atoms with Crippen LogP contribution < -0.4 is 10.2 Å². The zero-order valence-corrected chi connectivity index (χ0v) is 12.5. The lowest BCUT2D eigenvalue weighted by Crippen LogP contribution is -2.39. The van der Waals surface area contributed by atoms with Gasteiger partial charge in [-0.15, -0.1) is 0 Å². The Balaban J connectivity index is 2.20. The highest BCUT2D eigenvalue weighted by molar-refractivity contribution is 5.60. The third kappa shape index (κ3) is 2.93. The van der Waals surface area contributed by atoms with E-state index in [-0.39, 0.29) is 12.1 Å². The number of benzene rings is 1. The molecule has 106 valence electrons. The summed E-state index contributed by atoms with van der Waals surface area (Å²) in [4.78, 5) is 2.32. The molecule has 3 heteroatoms. The molecule has 0 aliphatic carbocycles. The highest BCUT2D eigenvalue weighted by Crippen LogP contribution is 2.32. The predicted molar refractivity (Wildman–Crippen MR) is 80.7 cm³/mol. The Labute approximate surface area is 116 Å². The molecule has 3 nitrogen and oxygen atoms in total. The zero-order chi connectivity index (χ0) is 14.0. The van der Waals surface area contributed by atoms with E-state index in [4.69, 9.17) is 0 Å². The average Bonchev–Trinajstić information content (AvgIpc) is 2.80. The average molecular weight is 262 g/mol. The quantitative estimate of drug-likeness (QED) is 0.856. The summed E-state index contributed by atoms with van der Waals surface area (Å²) in [7, 11) is 0. The number of hydrogen-bond acceptors (Lipinski definition) is 3. The first kappa shape index (κ1) is 14.4. The molecule has 1 heterocycles. The summed E-state index contributed by atoms with van der Waals surface area (Å²) >= 11 is 0. The summed E-state index contributed by atoms with van der Waals surface area (Å²) in [6, 6.07) is 7.32. The first-order chi connectivity index (χ1) is 9.04. The van der Waals surface area contributed by atoms with E-state index >= 15 is 0 Å². The summed E-state index contributed by atoms with van der Waals surface area (Å²) in [5.74, 6) is 0. The van der Waals surface area contributed by atoms with Crippen molar-refractivity contribution in [3.63, 3.8) is 0 Å². The minimum absolute atomic E-state index is 0.179. The Morgan fingerprint density at radius 3 is 2.68 bits per heavy atom. The molecular weight excluding hydrogens is 236 g/mol. The number of aliphatic hydroxyl groups is 1. The Kier molecular flexibility index (Phi) is 4.48. The number of fused-ring (bicyclic) bond motifs is 1. The summed E-state index contributed by atoms with van der Waals surface area (Å²) < 4.78 is 0. The van der Waals surface area contributed by atoms with Gasteiger partial charge in [-0.1, -0.05) is 19.1 Å². The molecular formula is C16H26N2O. The summed E-state index contributed by atoms with van der Waals surface area (Å²) in [5, 5.41) is 13.2. The van der Waals surface area contributed by atoms with Crippen LogP contribution in [0.5, 0.6) is 0 Å². The highest BCUT2D eigenvalue weighted by atomic mass is 16.3. The largest absolute Gasteiger partial charge is 0.391 e. The fourth-order valence-electron chi connectivity index (χ4n) is 2.82. The maximum absolute atomic E-state index is 9.77. The molecule has 1 aliphatic rings. The van der Waals surface area contributed by atoms with Crippen molar-refractivity contribution in [2.45, 2.75) is 52.3 Å². The topological polar surface area (TPSA) is 35.5 Å². The van der Waals surface area contributed by atoms with Gasteiger partial charge in [-0.05, 0) is 50.9 Å². The van der Waals surface area contributed by atoms with Crippen LogP contribution in [0.1, 0.15) is 44.9 Å². The van der Waals surface area contributed by atoms with Crippen LogP contribution in [0, 0.1) is 0 Å². The second kappa shape index (κ2) is 5.93. The van der Waals surface area contributed by atoms with Crippen molar-refractivity contribution in [3.8, 4) is 0 Å². The van der Waals surface area contributed by atoms with Gasteiger partial charge in [-0.2, -0.15) is 0 Å². The molecule has 0 fully saturated rings. The lowest BCUT2D eigenvalue weighted by Gasteiger charge is -2.29. The smallest absolute Gasteiger partial charge is 0.0712 e. The van der Waals surface area contributed by atoms with Crippen LogP contribution >= 0.6 is 0 Å². The summed E-state index contributed by atoms with van der Waals surface area (Å²) in [6.07, 6.45) is 0.783. The van der Waals surface area contributed by atoms with Crippen LogP contribution in [0.15, 0.2) is 18.2 Å². The van der Waals surface area contributed by atoms with Crippen LogP contribution in [0.25, 0.3) is 0 Å². The number of nitrogens with zero attached hydrogens (tertiary/aromatic N) is 1. The van der Waals surface area contributed by atoms with Crippen LogP contribution in [-0.2, 0) is 6.42 Å². The maximum Gasteiger partial charge on any atom is 0.0712 e. The van der Waals surface area contributed by atoms with Gasteiger partial charge in [-0.3, -0.25) is 0 Å². The fourth-order valence-corrected chi connectivity index (χ4v) is 2.82. The van der Waals surface area contributed by atoms with Crippen LogP contribution in [-0.4, -0.2) is 30.3 Å². The van der Waals surface area contributed by atoms with E-state index < -0.39 is 0 Å². The van der Waals surface area contributed by atoms with Gasteiger partial charge in [0.25, 0.3) is 0 Å². The molecule has 0 aromatic heterocycles. The van der Waals surface area contributed by atoms with Gasteiger partial charge < -0.3 is 15.3 Å². The number of hydrogen-bond donors (Lipinski definition) is 2. The number of nitrogens with one attached hydrogen (secondary N) is 1. The van der Waals surface area contributed by atoms with E-state index in [1.165, 1.54) is 16.8 Å². The van der Waals surface area contributed by atoms with Crippen molar-refractivity contribution in [2.75, 3.05) is 18.0 Å². The van der Waals surface area contributed by atoms with Crippen molar-refractivity contribution in [3.05, 3.63) is 29.3 Å². The normalized spacial score (nSPS) is 19.1.